The number of methoxy groups -OCH3 is 1. The molecule has 0 fully saturated rings. The van der Waals surface area contributed by atoms with Gasteiger partial charge in [0, 0.05) is 23.9 Å². The number of nitrogens with two attached hydrogens (primary N) is 1. The number of rotatable bonds is 9. The highest BCUT2D eigenvalue weighted by molar-refractivity contribution is 7.99. The van der Waals surface area contributed by atoms with E-state index in [0.29, 0.717) is 23.5 Å². The highest BCUT2D eigenvalue weighted by Gasteiger charge is 2.07. The fourth-order valence-corrected chi connectivity index (χ4v) is 2.69. The van der Waals surface area contributed by atoms with Gasteiger partial charge in [-0.05, 0) is 24.3 Å². The van der Waals surface area contributed by atoms with E-state index in [2.05, 4.69) is 12.2 Å². The standard InChI is InChI=1S/C15H24N2O2S/c1-3-4-5-9-20-10-8-15(18)17-13-7-6-12(16)11-14(13)19-2/h6-7,11H,3-5,8-10,16H2,1-2H3,(H,17,18). The highest BCUT2D eigenvalue weighted by Crippen LogP contribution is 2.26. The molecule has 0 radical (unpaired) electrons. The second-order valence-electron chi connectivity index (χ2n) is 4.58. The van der Waals surface area contributed by atoms with Crippen molar-refractivity contribution in [3.8, 4) is 5.75 Å². The van der Waals surface area contributed by atoms with Crippen molar-refractivity contribution in [2.24, 2.45) is 0 Å². The highest BCUT2D eigenvalue weighted by atomic mass is 32.2. The smallest absolute Gasteiger partial charge is 0.225 e. The van der Waals surface area contributed by atoms with Gasteiger partial charge in [0.15, 0.2) is 0 Å². The third kappa shape index (κ3) is 6.19. The number of ether oxygens (including phenoxy) is 1. The monoisotopic (exact) mass is 296 g/mol. The van der Waals surface area contributed by atoms with Crippen molar-refractivity contribution in [1.82, 2.24) is 0 Å². The number of amides is 1. The summed E-state index contributed by atoms with van der Waals surface area (Å²) in [6.07, 6.45) is 4.25. The molecule has 5 heteroatoms. The van der Waals surface area contributed by atoms with E-state index in [9.17, 15) is 4.79 Å². The fraction of sp³-hybridized carbons (Fsp3) is 0.533. The van der Waals surface area contributed by atoms with Crippen LogP contribution in [0.2, 0.25) is 0 Å². The van der Waals surface area contributed by atoms with Crippen molar-refractivity contribution >= 4 is 29.0 Å². The Morgan fingerprint density at radius 1 is 1.35 bits per heavy atom. The zero-order chi connectivity index (χ0) is 14.8. The summed E-state index contributed by atoms with van der Waals surface area (Å²) in [5.41, 5.74) is 6.96. The van der Waals surface area contributed by atoms with Gasteiger partial charge in [-0.25, -0.2) is 0 Å². The van der Waals surface area contributed by atoms with Gasteiger partial charge in [0.25, 0.3) is 0 Å². The molecule has 3 N–H and O–H groups in total. The first kappa shape index (κ1) is 16.7. The Balaban J connectivity index is 2.32. The summed E-state index contributed by atoms with van der Waals surface area (Å²) in [6, 6.07) is 5.22. The van der Waals surface area contributed by atoms with Crippen LogP contribution in [0.3, 0.4) is 0 Å². The van der Waals surface area contributed by atoms with Crippen LogP contribution >= 0.6 is 11.8 Å². The second-order valence-corrected chi connectivity index (χ2v) is 5.80. The number of carbonyl (C=O) groups excluding carboxylic acids is 1. The Morgan fingerprint density at radius 3 is 2.85 bits per heavy atom. The summed E-state index contributed by atoms with van der Waals surface area (Å²) in [7, 11) is 1.56. The van der Waals surface area contributed by atoms with Crippen molar-refractivity contribution in [2.45, 2.75) is 32.6 Å². The van der Waals surface area contributed by atoms with Gasteiger partial charge in [0.2, 0.25) is 5.91 Å². The topological polar surface area (TPSA) is 64.4 Å². The minimum Gasteiger partial charge on any atom is -0.494 e. The average molecular weight is 296 g/mol. The molecule has 1 aromatic carbocycles. The zero-order valence-electron chi connectivity index (χ0n) is 12.3. The van der Waals surface area contributed by atoms with E-state index in [1.165, 1.54) is 19.3 Å². The van der Waals surface area contributed by atoms with Gasteiger partial charge in [0.1, 0.15) is 5.75 Å². The van der Waals surface area contributed by atoms with Crippen molar-refractivity contribution in [2.75, 3.05) is 29.7 Å². The van der Waals surface area contributed by atoms with Crippen LogP contribution < -0.4 is 15.8 Å². The zero-order valence-corrected chi connectivity index (χ0v) is 13.1. The summed E-state index contributed by atoms with van der Waals surface area (Å²) in [5.74, 6) is 2.59. The van der Waals surface area contributed by atoms with Crippen LogP contribution in [-0.4, -0.2) is 24.5 Å². The van der Waals surface area contributed by atoms with Gasteiger partial charge < -0.3 is 15.8 Å². The maximum absolute atomic E-state index is 11.8. The van der Waals surface area contributed by atoms with E-state index in [-0.39, 0.29) is 5.91 Å². The van der Waals surface area contributed by atoms with Crippen molar-refractivity contribution in [3.05, 3.63) is 18.2 Å². The summed E-state index contributed by atoms with van der Waals surface area (Å²) in [6.45, 7) is 2.19. The third-order valence-electron chi connectivity index (χ3n) is 2.87. The summed E-state index contributed by atoms with van der Waals surface area (Å²) >= 11 is 1.83. The van der Waals surface area contributed by atoms with Crippen LogP contribution in [0.15, 0.2) is 18.2 Å². The first-order valence-electron chi connectivity index (χ1n) is 6.98. The maximum Gasteiger partial charge on any atom is 0.225 e. The van der Waals surface area contributed by atoms with E-state index in [1.807, 2.05) is 11.8 Å². The molecule has 0 aromatic heterocycles. The quantitative estimate of drug-likeness (QED) is 0.540. The Morgan fingerprint density at radius 2 is 2.15 bits per heavy atom. The number of hydrogen-bond acceptors (Lipinski definition) is 4. The number of nitrogen functional groups attached to an aromatic ring is 1. The lowest BCUT2D eigenvalue weighted by molar-refractivity contribution is -0.115. The van der Waals surface area contributed by atoms with E-state index in [1.54, 1.807) is 25.3 Å². The Labute approximate surface area is 125 Å². The molecular formula is C15H24N2O2S. The maximum atomic E-state index is 11.8. The van der Waals surface area contributed by atoms with Crippen LogP contribution in [0.5, 0.6) is 5.75 Å². The van der Waals surface area contributed by atoms with Crippen LogP contribution in [0, 0.1) is 0 Å². The van der Waals surface area contributed by atoms with Crippen LogP contribution in [0.1, 0.15) is 32.6 Å². The lowest BCUT2D eigenvalue weighted by atomic mass is 10.2. The summed E-state index contributed by atoms with van der Waals surface area (Å²) < 4.78 is 5.20. The summed E-state index contributed by atoms with van der Waals surface area (Å²) in [4.78, 5) is 11.8. The number of unbranched alkanes of at least 4 members (excludes halogenated alkanes) is 2. The van der Waals surface area contributed by atoms with Crippen molar-refractivity contribution in [3.63, 3.8) is 0 Å². The molecule has 0 unspecified atom stereocenters. The molecule has 0 saturated carbocycles. The second kappa shape index (κ2) is 9.53. The van der Waals surface area contributed by atoms with Gasteiger partial charge in [-0.3, -0.25) is 4.79 Å². The molecule has 112 valence electrons. The Kier molecular flexibility index (Phi) is 7.95. The number of nitrogens with one attached hydrogen (secondary N) is 1. The number of benzene rings is 1. The molecule has 1 amide bonds. The van der Waals surface area contributed by atoms with E-state index in [4.69, 9.17) is 10.5 Å². The van der Waals surface area contributed by atoms with E-state index in [0.717, 1.165) is 11.5 Å². The largest absolute Gasteiger partial charge is 0.494 e. The molecule has 0 aliphatic rings. The first-order valence-corrected chi connectivity index (χ1v) is 8.14. The van der Waals surface area contributed by atoms with Crippen LogP contribution in [0.25, 0.3) is 0 Å². The van der Waals surface area contributed by atoms with Gasteiger partial charge >= 0.3 is 0 Å². The van der Waals surface area contributed by atoms with Crippen LogP contribution in [0.4, 0.5) is 11.4 Å². The van der Waals surface area contributed by atoms with E-state index >= 15 is 0 Å². The molecule has 1 aromatic rings. The van der Waals surface area contributed by atoms with Crippen molar-refractivity contribution < 1.29 is 9.53 Å². The SMILES string of the molecule is CCCCCSCCC(=O)Nc1ccc(N)cc1OC. The molecule has 20 heavy (non-hydrogen) atoms. The number of anilines is 2. The lowest BCUT2D eigenvalue weighted by Gasteiger charge is -2.10. The molecule has 0 aliphatic heterocycles. The molecule has 0 aliphatic carbocycles. The van der Waals surface area contributed by atoms with Gasteiger partial charge in [0.05, 0.1) is 12.8 Å². The summed E-state index contributed by atoms with van der Waals surface area (Å²) in [5, 5.41) is 2.86. The number of hydrogen-bond donors (Lipinski definition) is 2. The van der Waals surface area contributed by atoms with Gasteiger partial charge in [-0.1, -0.05) is 19.8 Å². The predicted molar refractivity (Wildman–Crippen MR) is 87.5 cm³/mol. The molecule has 0 atom stereocenters. The Bertz CT molecular complexity index is 424. The van der Waals surface area contributed by atoms with E-state index < -0.39 is 0 Å². The van der Waals surface area contributed by atoms with Crippen LogP contribution in [-0.2, 0) is 4.79 Å². The van der Waals surface area contributed by atoms with Gasteiger partial charge in [-0.2, -0.15) is 11.8 Å². The molecule has 4 nitrogen and oxygen atoms in total. The number of carbonyl (C=O) groups is 1. The minimum atomic E-state index is 0.0102. The fourth-order valence-electron chi connectivity index (χ4n) is 1.74. The number of thioether (sulfide) groups is 1. The molecule has 0 spiro atoms. The predicted octanol–water partition coefficient (Wildman–Crippen LogP) is 3.53. The average Bonchev–Trinajstić information content (AvgIpc) is 2.44. The molecule has 0 bridgehead atoms. The minimum absolute atomic E-state index is 0.0102. The first-order chi connectivity index (χ1) is 9.67. The third-order valence-corrected chi connectivity index (χ3v) is 3.94. The molecule has 0 saturated heterocycles. The van der Waals surface area contributed by atoms with Crippen molar-refractivity contribution in [1.29, 1.82) is 0 Å². The molecule has 0 heterocycles. The lowest BCUT2D eigenvalue weighted by Crippen LogP contribution is -2.13. The normalized spacial score (nSPS) is 10.3. The Hall–Kier alpha value is -1.36. The molecular weight excluding hydrogens is 272 g/mol. The van der Waals surface area contributed by atoms with Gasteiger partial charge in [-0.15, -0.1) is 0 Å². The molecule has 1 rings (SSSR count).